The van der Waals surface area contributed by atoms with Crippen molar-refractivity contribution in [2.24, 2.45) is 11.7 Å². The summed E-state index contributed by atoms with van der Waals surface area (Å²) in [7, 11) is -3.59. The number of anilines is 1. The summed E-state index contributed by atoms with van der Waals surface area (Å²) in [4.78, 5) is 25.3. The predicted molar refractivity (Wildman–Crippen MR) is 110 cm³/mol. The van der Waals surface area contributed by atoms with Crippen molar-refractivity contribution in [3.05, 3.63) is 46.1 Å². The van der Waals surface area contributed by atoms with Gasteiger partial charge >= 0.3 is 0 Å². The molecule has 6 nitrogen and oxygen atoms in total. The molecule has 0 spiro atoms. The Bertz CT molecular complexity index is 1030. The predicted octanol–water partition coefficient (Wildman–Crippen LogP) is 3.30. The monoisotopic (exact) mass is 438 g/mol. The fourth-order valence-electron chi connectivity index (χ4n) is 3.47. The van der Waals surface area contributed by atoms with Crippen molar-refractivity contribution in [1.29, 1.82) is 0 Å². The van der Waals surface area contributed by atoms with Gasteiger partial charge in [-0.25, -0.2) is 12.8 Å². The minimum absolute atomic E-state index is 0.0163. The minimum atomic E-state index is -3.59. The molecule has 0 bridgehead atoms. The van der Waals surface area contributed by atoms with Crippen LogP contribution in [0.4, 0.5) is 9.39 Å². The van der Waals surface area contributed by atoms with E-state index in [-0.39, 0.29) is 29.4 Å². The number of thiophene rings is 1. The Labute approximate surface area is 173 Å². The van der Waals surface area contributed by atoms with E-state index < -0.39 is 21.6 Å². The van der Waals surface area contributed by atoms with Crippen molar-refractivity contribution in [2.75, 3.05) is 11.1 Å². The van der Waals surface area contributed by atoms with E-state index >= 15 is 0 Å². The molecule has 1 heterocycles. The molecule has 0 unspecified atom stereocenters. The summed E-state index contributed by atoms with van der Waals surface area (Å²) >= 11 is 1.37. The first kappa shape index (κ1) is 21.4. The number of halogens is 1. The van der Waals surface area contributed by atoms with Crippen molar-refractivity contribution in [3.63, 3.8) is 0 Å². The van der Waals surface area contributed by atoms with Gasteiger partial charge in [-0.1, -0.05) is 6.92 Å². The highest BCUT2D eigenvalue weighted by atomic mass is 32.2. The normalized spacial score (nSPS) is 16.3. The number of carbonyl (C=O) groups excluding carboxylic acids is 2. The molecule has 2 amide bonds. The highest BCUT2D eigenvalue weighted by Crippen LogP contribution is 2.39. The fraction of sp³-hybridized carbons (Fsp3) is 0.400. The lowest BCUT2D eigenvalue weighted by Gasteiger charge is -2.18. The first-order valence-electron chi connectivity index (χ1n) is 9.40. The molecule has 1 atom stereocenters. The highest BCUT2D eigenvalue weighted by molar-refractivity contribution is 7.91. The summed E-state index contributed by atoms with van der Waals surface area (Å²) < 4.78 is 37.5. The molecule has 0 saturated carbocycles. The molecule has 3 rings (SSSR count). The average Bonchev–Trinajstić information content (AvgIpc) is 2.98. The number of benzene rings is 1. The van der Waals surface area contributed by atoms with Gasteiger partial charge in [0.25, 0.3) is 5.91 Å². The molecular formula is C20H23FN2O4S2. The Balaban J connectivity index is 1.63. The van der Waals surface area contributed by atoms with E-state index in [1.807, 2.05) is 0 Å². The summed E-state index contributed by atoms with van der Waals surface area (Å²) in [5.74, 6) is -1.16. The highest BCUT2D eigenvalue weighted by Gasteiger charge is 2.27. The van der Waals surface area contributed by atoms with Crippen LogP contribution in [0.15, 0.2) is 29.2 Å². The van der Waals surface area contributed by atoms with Gasteiger partial charge in [-0.2, -0.15) is 0 Å². The van der Waals surface area contributed by atoms with Gasteiger partial charge in [0.1, 0.15) is 10.8 Å². The maximum atomic E-state index is 13.0. The van der Waals surface area contributed by atoms with Crippen LogP contribution in [0.1, 0.15) is 47.0 Å². The molecule has 1 aromatic heterocycles. The second-order valence-corrected chi connectivity index (χ2v) is 10.6. The molecule has 0 aliphatic heterocycles. The molecule has 29 heavy (non-hydrogen) atoms. The molecule has 9 heteroatoms. The van der Waals surface area contributed by atoms with Gasteiger partial charge in [-0.3, -0.25) is 9.59 Å². The Morgan fingerprint density at radius 3 is 2.62 bits per heavy atom. The van der Waals surface area contributed by atoms with Crippen LogP contribution < -0.4 is 11.1 Å². The van der Waals surface area contributed by atoms with Crippen LogP contribution in [0.5, 0.6) is 0 Å². The number of amides is 2. The fourth-order valence-corrected chi connectivity index (χ4v) is 6.21. The Morgan fingerprint density at radius 2 is 1.97 bits per heavy atom. The largest absolute Gasteiger partial charge is 0.365 e. The first-order chi connectivity index (χ1) is 13.7. The summed E-state index contributed by atoms with van der Waals surface area (Å²) in [6.45, 7) is 2.15. The second kappa shape index (κ2) is 8.62. The molecule has 3 N–H and O–H groups in total. The van der Waals surface area contributed by atoms with Crippen LogP contribution >= 0.6 is 11.3 Å². The van der Waals surface area contributed by atoms with Crippen LogP contribution in [0.25, 0.3) is 0 Å². The zero-order valence-electron chi connectivity index (χ0n) is 16.0. The topological polar surface area (TPSA) is 106 Å². The Hall–Kier alpha value is -2.26. The third kappa shape index (κ3) is 5.02. The lowest BCUT2D eigenvalue weighted by Crippen LogP contribution is -2.19. The maximum absolute atomic E-state index is 13.0. The molecule has 0 radical (unpaired) electrons. The zero-order valence-corrected chi connectivity index (χ0v) is 17.7. The third-order valence-electron chi connectivity index (χ3n) is 5.00. The summed E-state index contributed by atoms with van der Waals surface area (Å²) in [5, 5.41) is 3.18. The number of carbonyl (C=O) groups is 2. The molecule has 1 aliphatic rings. The van der Waals surface area contributed by atoms with Gasteiger partial charge in [-0.05, 0) is 61.4 Å². The van der Waals surface area contributed by atoms with Crippen LogP contribution in [0.3, 0.4) is 0 Å². The van der Waals surface area contributed by atoms with Crippen LogP contribution in [0.2, 0.25) is 0 Å². The SMILES string of the molecule is C[C@H]1CCc2c(sc(NC(=O)CCCS(=O)(=O)c3ccc(F)cc3)c2C(N)=O)C1. The van der Waals surface area contributed by atoms with Gasteiger partial charge in [0, 0.05) is 11.3 Å². The smallest absolute Gasteiger partial charge is 0.251 e. The quantitative estimate of drug-likeness (QED) is 0.647. The number of fused-ring (bicyclic) bond motifs is 1. The van der Waals surface area contributed by atoms with Crippen molar-refractivity contribution in [2.45, 2.75) is 43.9 Å². The molecule has 0 saturated heterocycles. The van der Waals surface area contributed by atoms with Gasteiger partial charge in [0.15, 0.2) is 9.84 Å². The zero-order chi connectivity index (χ0) is 21.2. The average molecular weight is 439 g/mol. The van der Waals surface area contributed by atoms with Crippen molar-refractivity contribution in [1.82, 2.24) is 0 Å². The third-order valence-corrected chi connectivity index (χ3v) is 7.99. The number of nitrogens with one attached hydrogen (secondary N) is 1. The number of sulfone groups is 1. The summed E-state index contributed by atoms with van der Waals surface area (Å²) in [6, 6.07) is 4.59. The van der Waals surface area contributed by atoms with Crippen LogP contribution in [0, 0.1) is 11.7 Å². The van der Waals surface area contributed by atoms with E-state index in [4.69, 9.17) is 5.73 Å². The van der Waals surface area contributed by atoms with E-state index in [1.165, 1.54) is 23.5 Å². The maximum Gasteiger partial charge on any atom is 0.251 e. The van der Waals surface area contributed by atoms with E-state index in [0.29, 0.717) is 16.5 Å². The van der Waals surface area contributed by atoms with Gasteiger partial charge < -0.3 is 11.1 Å². The summed E-state index contributed by atoms with van der Waals surface area (Å²) in [5.41, 5.74) is 6.84. The molecule has 156 valence electrons. The molecule has 1 aliphatic carbocycles. The van der Waals surface area contributed by atoms with E-state index in [1.54, 1.807) is 0 Å². The van der Waals surface area contributed by atoms with E-state index in [0.717, 1.165) is 41.8 Å². The van der Waals surface area contributed by atoms with Crippen molar-refractivity contribution in [3.8, 4) is 0 Å². The summed E-state index contributed by atoms with van der Waals surface area (Å²) in [6.07, 6.45) is 2.68. The minimum Gasteiger partial charge on any atom is -0.365 e. The van der Waals surface area contributed by atoms with Crippen LogP contribution in [-0.2, 0) is 27.5 Å². The number of rotatable bonds is 7. The Kier molecular flexibility index (Phi) is 6.38. The molecular weight excluding hydrogens is 415 g/mol. The molecule has 2 aromatic rings. The van der Waals surface area contributed by atoms with Crippen molar-refractivity contribution >= 4 is 38.0 Å². The lowest BCUT2D eigenvalue weighted by molar-refractivity contribution is -0.116. The van der Waals surface area contributed by atoms with Gasteiger partial charge in [0.05, 0.1) is 16.2 Å². The van der Waals surface area contributed by atoms with Gasteiger partial charge in [0.2, 0.25) is 5.91 Å². The number of nitrogens with two attached hydrogens (primary N) is 1. The molecule has 1 aromatic carbocycles. The van der Waals surface area contributed by atoms with E-state index in [9.17, 15) is 22.4 Å². The lowest BCUT2D eigenvalue weighted by atomic mass is 9.88. The van der Waals surface area contributed by atoms with Crippen LogP contribution in [-0.4, -0.2) is 26.0 Å². The Morgan fingerprint density at radius 1 is 1.28 bits per heavy atom. The first-order valence-corrected chi connectivity index (χ1v) is 11.9. The second-order valence-electron chi connectivity index (χ2n) is 7.34. The number of primary amides is 1. The van der Waals surface area contributed by atoms with E-state index in [2.05, 4.69) is 12.2 Å². The number of hydrogen-bond donors (Lipinski definition) is 2. The standard InChI is InChI=1S/C20H23FN2O4S2/c1-12-4-9-15-16(11-12)28-20(18(15)19(22)25)23-17(24)3-2-10-29(26,27)14-7-5-13(21)6-8-14/h5-8,12H,2-4,9-11H2,1H3,(H2,22,25)(H,23,24)/t12-/m0/s1. The van der Waals surface area contributed by atoms with Gasteiger partial charge in [-0.15, -0.1) is 11.3 Å². The number of hydrogen-bond acceptors (Lipinski definition) is 5. The molecule has 0 fully saturated rings. The van der Waals surface area contributed by atoms with Crippen molar-refractivity contribution < 1.29 is 22.4 Å².